The summed E-state index contributed by atoms with van der Waals surface area (Å²) in [5.74, 6) is -0.529. The van der Waals surface area contributed by atoms with Gasteiger partial charge in [-0.1, -0.05) is 0 Å². The van der Waals surface area contributed by atoms with Crippen LogP contribution in [0, 0.1) is 13.8 Å². The molecule has 5 aromatic heterocycles. The fraction of sp³-hybridized carbons (Fsp3) is 0.574. The molecule has 10 rings (SSSR count). The van der Waals surface area contributed by atoms with Crippen LogP contribution >= 0.6 is 31.3 Å². The van der Waals surface area contributed by atoms with Crippen LogP contribution in [0.1, 0.15) is 74.4 Å². The molecule has 0 aliphatic carbocycles. The van der Waals surface area contributed by atoms with Crippen LogP contribution in [-0.2, 0) is 78.1 Å². The Hall–Kier alpha value is -6.44. The van der Waals surface area contributed by atoms with E-state index in [4.69, 9.17) is 82.8 Å². The quantitative estimate of drug-likeness (QED) is 0.0251. The summed E-state index contributed by atoms with van der Waals surface area (Å²) in [6.07, 6.45) is -18.0. The van der Waals surface area contributed by atoms with Crippen molar-refractivity contribution in [2.24, 2.45) is 0 Å². The molecule has 10 heterocycles. The third kappa shape index (κ3) is 16.8. The number of H-pyrrole nitrogens is 1. The third-order valence-corrected chi connectivity index (χ3v) is 19.3. The van der Waals surface area contributed by atoms with E-state index in [2.05, 4.69) is 24.9 Å². The highest BCUT2D eigenvalue weighted by atomic mass is 31.2. The minimum atomic E-state index is -5.52. The van der Waals surface area contributed by atoms with Crippen molar-refractivity contribution in [3.63, 3.8) is 0 Å². The van der Waals surface area contributed by atoms with Gasteiger partial charge in [0.05, 0.1) is 39.1 Å². The maximum Gasteiger partial charge on any atom is 0.472 e. The molecule has 0 radical (unpaired) electrons. The van der Waals surface area contributed by atoms with Gasteiger partial charge in [-0.25, -0.2) is 42.2 Å². The van der Waals surface area contributed by atoms with Crippen LogP contribution in [0.25, 0.3) is 0 Å². The van der Waals surface area contributed by atoms with Gasteiger partial charge in [-0.2, -0.15) is 19.9 Å². The Bertz CT molecular complexity index is 4190. The highest BCUT2D eigenvalue weighted by Crippen LogP contribution is 2.55. The molecule has 0 bridgehead atoms. The fourth-order valence-corrected chi connectivity index (χ4v) is 14.4. The van der Waals surface area contributed by atoms with Crippen LogP contribution in [0.5, 0.6) is 0 Å². The van der Waals surface area contributed by atoms with Crippen LogP contribution in [0.15, 0.2) is 78.0 Å². The van der Waals surface area contributed by atoms with Crippen LogP contribution in [0.4, 0.5) is 23.3 Å². The molecular formula is C47H64N14O29P4. The highest BCUT2D eigenvalue weighted by Gasteiger charge is 2.50. The first-order valence-corrected chi connectivity index (χ1v) is 34.1. The van der Waals surface area contributed by atoms with Crippen molar-refractivity contribution in [2.75, 3.05) is 56.0 Å². The molecule has 15 N–H and O–H groups in total. The summed E-state index contributed by atoms with van der Waals surface area (Å²) < 4.78 is 132. The second-order valence-electron chi connectivity index (χ2n) is 21.8. The summed E-state index contributed by atoms with van der Waals surface area (Å²) >= 11 is 0. The molecule has 0 aromatic carbocycles. The maximum absolute atomic E-state index is 14.0. The number of hydrogen-bond acceptors (Lipinski definition) is 33. The Kier molecular flexibility index (Phi) is 21.2. The number of aliphatic hydroxyl groups is 2. The van der Waals surface area contributed by atoms with E-state index in [9.17, 15) is 76.8 Å². The zero-order chi connectivity index (χ0) is 67.9. The van der Waals surface area contributed by atoms with Gasteiger partial charge >= 0.3 is 59.7 Å². The number of aromatic amines is 1. The minimum absolute atomic E-state index is 0.0120. The lowest BCUT2D eigenvalue weighted by Crippen LogP contribution is -2.33. The molecular weight excluding hydrogens is 1350 g/mol. The zero-order valence-electron chi connectivity index (χ0n) is 49.0. The average molecular weight is 1410 g/mol. The van der Waals surface area contributed by atoms with E-state index in [-0.39, 0.29) is 41.7 Å². The monoisotopic (exact) mass is 1410 g/mol. The number of aryl methyl sites for hydroxylation is 2. The van der Waals surface area contributed by atoms with Gasteiger partial charge < -0.3 is 76.4 Å². The van der Waals surface area contributed by atoms with Gasteiger partial charge in [0.2, 0.25) is 0 Å². The van der Waals surface area contributed by atoms with Crippen LogP contribution < -0.4 is 56.9 Å². The Morgan fingerprint density at radius 3 is 1.19 bits per heavy atom. The number of aliphatic hydroxyl groups excluding tert-OH is 2. The number of hydrogen-bond donors (Lipinski definition) is 11. The predicted molar refractivity (Wildman–Crippen MR) is 311 cm³/mol. The van der Waals surface area contributed by atoms with E-state index in [1.807, 2.05) is 0 Å². The molecule has 94 heavy (non-hydrogen) atoms. The maximum atomic E-state index is 14.0. The summed E-state index contributed by atoms with van der Waals surface area (Å²) in [6.45, 7) is -1.81. The van der Waals surface area contributed by atoms with E-state index in [0.717, 1.165) is 35.2 Å². The molecule has 5 fully saturated rings. The molecule has 19 atom stereocenters. The van der Waals surface area contributed by atoms with Crippen molar-refractivity contribution in [1.82, 2.24) is 47.8 Å². The second-order valence-corrected chi connectivity index (χ2v) is 27.4. The summed E-state index contributed by atoms with van der Waals surface area (Å²) in [7, 11) is -21.5. The summed E-state index contributed by atoms with van der Waals surface area (Å²) in [4.78, 5) is 138. The third-order valence-electron chi connectivity index (χ3n) is 15.2. The number of phosphoric acid groups is 4. The highest BCUT2D eigenvalue weighted by molar-refractivity contribution is 7.48. The van der Waals surface area contributed by atoms with Crippen molar-refractivity contribution >= 4 is 54.6 Å². The number of rotatable bonds is 26. The first kappa shape index (κ1) is 70.4. The number of ether oxygens (including phenoxy) is 5. The Morgan fingerprint density at radius 1 is 0.479 bits per heavy atom. The Labute approximate surface area is 525 Å². The Balaban J connectivity index is 0.823. The van der Waals surface area contributed by atoms with Gasteiger partial charge in [-0.3, -0.25) is 68.8 Å². The number of phosphoric ester groups is 4. The molecule has 0 amide bonds. The van der Waals surface area contributed by atoms with E-state index in [1.165, 1.54) is 43.7 Å². The van der Waals surface area contributed by atoms with Crippen molar-refractivity contribution in [2.45, 2.75) is 138 Å². The summed E-state index contributed by atoms with van der Waals surface area (Å²) in [5.41, 5.74) is 17.6. The number of nitrogen functional groups attached to an aromatic ring is 4. The molecule has 5 aliphatic rings. The number of anilines is 4. The lowest BCUT2D eigenvalue weighted by atomic mass is 10.2. The standard InChI is InChI=1S/C47H64N14O29P4/c1-21-14-60(46(68)55-41(21)51)39-10-24(28(16-62)82-39)87-92(72,73)79-18-30-26(12-38(84-30)59-8-5-35(50)54-45(59)67)89-93(74,75)81-20-32-27(13-40(86-32)61-15-22(2)42(64)56-47(61)69)90-94(76,77)80-19-31-25(11-37(85-31)58-7-4-34(49)53-44(58)66)88-91(70,71)78-17-29-23(63)9-36(83-29)57-6-3-33(48)52-43(57)65/h3-8,14-15,23-32,36-40,62-63H,9-13,16-20H2,1-2H3,(H,70,71)(H,72,73)(H,74,75)(H,76,77)(H2,48,52,65)(H2,49,53,66)(H2,50,54,67)(H2,51,55,68)(H,56,64,69)/t23-,24-,25-,26-,27-,28+,29+,30+,31+,32+,36+,37+,38+,39+,40+/m0/s1. The summed E-state index contributed by atoms with van der Waals surface area (Å²) in [6, 6.07) is 3.73. The fourth-order valence-electron chi connectivity index (χ4n) is 10.6. The molecule has 5 aliphatic heterocycles. The van der Waals surface area contributed by atoms with Crippen LogP contribution in [0.3, 0.4) is 0 Å². The van der Waals surface area contributed by atoms with Crippen molar-refractivity contribution in [1.29, 1.82) is 0 Å². The number of nitrogens with one attached hydrogen (secondary N) is 1. The molecule has 5 aromatic rings. The first-order chi connectivity index (χ1) is 44.2. The summed E-state index contributed by atoms with van der Waals surface area (Å²) in [5, 5.41) is 20.8. The van der Waals surface area contributed by atoms with E-state index in [0.29, 0.717) is 5.56 Å². The van der Waals surface area contributed by atoms with Crippen molar-refractivity contribution in [3.05, 3.63) is 123 Å². The smallest absolute Gasteiger partial charge is 0.394 e. The average Bonchev–Trinajstić information content (AvgIpc) is 1.67. The van der Waals surface area contributed by atoms with Crippen LogP contribution in [0.2, 0.25) is 0 Å². The molecule has 0 saturated carbocycles. The molecule has 0 spiro atoms. The zero-order valence-corrected chi connectivity index (χ0v) is 52.6. The second kappa shape index (κ2) is 28.3. The molecule has 47 heteroatoms. The first-order valence-electron chi connectivity index (χ1n) is 28.1. The van der Waals surface area contributed by atoms with E-state index >= 15 is 0 Å². The van der Waals surface area contributed by atoms with Gasteiger partial charge in [0, 0.05) is 74.2 Å². The number of nitrogens with two attached hydrogens (primary N) is 4. The normalized spacial score (nSPS) is 30.4. The van der Waals surface area contributed by atoms with Gasteiger partial charge in [-0.05, 0) is 32.0 Å². The largest absolute Gasteiger partial charge is 0.472 e. The minimum Gasteiger partial charge on any atom is -0.394 e. The van der Waals surface area contributed by atoms with Gasteiger partial charge in [0.1, 0.15) is 109 Å². The number of nitrogens with zero attached hydrogens (tertiary/aromatic N) is 9. The van der Waals surface area contributed by atoms with Gasteiger partial charge in [-0.15, -0.1) is 0 Å². The molecule has 43 nitrogen and oxygen atoms in total. The van der Waals surface area contributed by atoms with E-state index < -0.39 is 210 Å². The lowest BCUT2D eigenvalue weighted by molar-refractivity contribution is -0.0651. The van der Waals surface area contributed by atoms with Crippen LogP contribution in [-0.4, -0.2) is 172 Å². The lowest BCUT2D eigenvalue weighted by Gasteiger charge is -2.25. The van der Waals surface area contributed by atoms with Gasteiger partial charge in [0.15, 0.2) is 0 Å². The van der Waals surface area contributed by atoms with E-state index in [1.54, 1.807) is 6.92 Å². The van der Waals surface area contributed by atoms with Crippen molar-refractivity contribution < 1.29 is 108 Å². The topological polar surface area (TPSA) is 608 Å². The molecule has 516 valence electrons. The number of aromatic nitrogens is 10. The SMILES string of the molecule is Cc1cn([C@H]2C[C@H](OP(=O)(O)OC[C@H]3O[C@@H](n4ccc(N)nc4=O)C[C@@H]3OP(=O)(O)OC[C@H]3O[C@@H](n4cc(C)c(=O)[nH]c4=O)C[C@@H]3OP(=O)(O)OC[C@H]3O[C@@H](n4ccc(N)nc4=O)C[C@@H]3OP(=O)(O)OC[C@H]3O[C@@H](n4ccc(N)nc4=O)C[C@@H]3O)[C@@H](CO)O2)c(=O)nc1N. The van der Waals surface area contributed by atoms with Crippen molar-refractivity contribution in [3.8, 4) is 0 Å². The predicted octanol–water partition coefficient (Wildman–Crippen LogP) is -2.69. The molecule has 5 saturated heterocycles. The molecule has 4 unspecified atom stereocenters. The Morgan fingerprint density at radius 2 is 0.798 bits per heavy atom. The van der Waals surface area contributed by atoms with Gasteiger partial charge in [0.25, 0.3) is 5.56 Å².